The molecule has 4 aliphatic heterocycles. The van der Waals surface area contributed by atoms with Crippen molar-refractivity contribution < 1.29 is 14.3 Å². The van der Waals surface area contributed by atoms with Crippen molar-refractivity contribution in [2.24, 2.45) is 11.8 Å². The van der Waals surface area contributed by atoms with Crippen LogP contribution in [0.2, 0.25) is 0 Å². The first-order chi connectivity index (χ1) is 11.2. The van der Waals surface area contributed by atoms with E-state index in [1.165, 1.54) is 25.9 Å². The van der Waals surface area contributed by atoms with Gasteiger partial charge in [-0.3, -0.25) is 9.59 Å². The minimum atomic E-state index is -0.254. The molecular weight excluding hydrogens is 294 g/mol. The lowest BCUT2D eigenvalue weighted by Crippen LogP contribution is -2.41. The molecule has 2 amide bonds. The van der Waals surface area contributed by atoms with Crippen molar-refractivity contribution in [3.05, 3.63) is 0 Å². The van der Waals surface area contributed by atoms with E-state index < -0.39 is 0 Å². The van der Waals surface area contributed by atoms with Crippen molar-refractivity contribution in [1.82, 2.24) is 14.7 Å². The smallest absolute Gasteiger partial charge is 0.251 e. The van der Waals surface area contributed by atoms with Crippen LogP contribution in [0.25, 0.3) is 0 Å². The Labute approximate surface area is 137 Å². The number of hydrogen-bond donors (Lipinski definition) is 0. The molecule has 4 fully saturated rings. The molecule has 128 valence electrons. The van der Waals surface area contributed by atoms with Crippen LogP contribution >= 0.6 is 0 Å². The van der Waals surface area contributed by atoms with E-state index in [9.17, 15) is 9.59 Å². The molecule has 0 bridgehead atoms. The number of hydrogen-bond acceptors (Lipinski definition) is 4. The molecule has 4 heterocycles. The zero-order chi connectivity index (χ0) is 15.8. The number of likely N-dealkylation sites (tertiary alicyclic amines) is 3. The Kier molecular flexibility index (Phi) is 4.28. The number of rotatable bonds is 4. The van der Waals surface area contributed by atoms with E-state index in [0.717, 1.165) is 39.0 Å². The molecule has 4 rings (SSSR count). The Hall–Kier alpha value is -1.14. The molecule has 6 nitrogen and oxygen atoms in total. The van der Waals surface area contributed by atoms with Gasteiger partial charge in [0, 0.05) is 45.2 Å². The van der Waals surface area contributed by atoms with Crippen LogP contribution < -0.4 is 0 Å². The molecule has 0 aromatic rings. The van der Waals surface area contributed by atoms with Gasteiger partial charge in [0.1, 0.15) is 6.10 Å². The van der Waals surface area contributed by atoms with Crippen LogP contribution in [-0.2, 0) is 14.3 Å². The van der Waals surface area contributed by atoms with Crippen molar-refractivity contribution in [2.45, 2.75) is 31.8 Å². The first kappa shape index (κ1) is 15.4. The third-order valence-electron chi connectivity index (χ3n) is 5.93. The number of fused-ring (bicyclic) bond motifs is 1. The molecular formula is C17H27N3O3. The Morgan fingerprint density at radius 3 is 2.61 bits per heavy atom. The van der Waals surface area contributed by atoms with Gasteiger partial charge in [-0.15, -0.1) is 0 Å². The summed E-state index contributed by atoms with van der Waals surface area (Å²) in [6.07, 6.45) is 4.13. The summed E-state index contributed by atoms with van der Waals surface area (Å²) >= 11 is 0. The Bertz CT molecular complexity index is 472. The van der Waals surface area contributed by atoms with E-state index in [4.69, 9.17) is 4.74 Å². The molecule has 0 saturated carbocycles. The van der Waals surface area contributed by atoms with Gasteiger partial charge < -0.3 is 19.4 Å². The molecule has 0 radical (unpaired) electrons. The second-order valence-electron chi connectivity index (χ2n) is 7.44. The molecule has 0 aromatic carbocycles. The summed E-state index contributed by atoms with van der Waals surface area (Å²) in [6.45, 7) is 7.07. The third kappa shape index (κ3) is 2.98. The fourth-order valence-corrected chi connectivity index (χ4v) is 4.57. The summed E-state index contributed by atoms with van der Waals surface area (Å²) in [4.78, 5) is 31.4. The molecule has 4 aliphatic rings. The van der Waals surface area contributed by atoms with E-state index in [2.05, 4.69) is 4.90 Å². The molecule has 0 aliphatic carbocycles. The second kappa shape index (κ2) is 6.40. The maximum atomic E-state index is 12.6. The predicted octanol–water partition coefficient (Wildman–Crippen LogP) is 0.178. The number of amides is 2. The van der Waals surface area contributed by atoms with Gasteiger partial charge >= 0.3 is 0 Å². The fraction of sp³-hybridized carbons (Fsp3) is 0.882. The van der Waals surface area contributed by atoms with Gasteiger partial charge in [-0.1, -0.05) is 0 Å². The highest BCUT2D eigenvalue weighted by Crippen LogP contribution is 2.33. The SMILES string of the molecule is O=C([C@@H]1CCCO1)N1C[C@@H]2CN(CCN3CCCC3)C(=O)[C@@H]2C1. The minimum Gasteiger partial charge on any atom is -0.368 e. The Morgan fingerprint density at radius 2 is 1.91 bits per heavy atom. The lowest BCUT2D eigenvalue weighted by Gasteiger charge is -2.25. The van der Waals surface area contributed by atoms with E-state index >= 15 is 0 Å². The Morgan fingerprint density at radius 1 is 1.09 bits per heavy atom. The quantitative estimate of drug-likeness (QED) is 0.741. The number of nitrogens with zero attached hydrogens (tertiary/aromatic N) is 3. The summed E-state index contributed by atoms with van der Waals surface area (Å²) in [5.41, 5.74) is 0. The van der Waals surface area contributed by atoms with Gasteiger partial charge in [0.2, 0.25) is 5.91 Å². The fourth-order valence-electron chi connectivity index (χ4n) is 4.57. The van der Waals surface area contributed by atoms with Crippen molar-refractivity contribution >= 4 is 11.8 Å². The zero-order valence-corrected chi connectivity index (χ0v) is 13.8. The van der Waals surface area contributed by atoms with Crippen LogP contribution in [0.5, 0.6) is 0 Å². The number of carbonyl (C=O) groups is 2. The highest BCUT2D eigenvalue weighted by molar-refractivity contribution is 5.86. The van der Waals surface area contributed by atoms with Crippen LogP contribution in [0.15, 0.2) is 0 Å². The van der Waals surface area contributed by atoms with Crippen LogP contribution in [0, 0.1) is 11.8 Å². The summed E-state index contributed by atoms with van der Waals surface area (Å²) < 4.78 is 5.50. The molecule has 3 atom stereocenters. The second-order valence-corrected chi connectivity index (χ2v) is 7.44. The maximum Gasteiger partial charge on any atom is 0.251 e. The standard InChI is InChI=1S/C17H27N3O3/c21-16-14-12-20(17(22)15-4-3-9-23-15)11-13(14)10-19(16)8-7-18-5-1-2-6-18/h13-15H,1-12H2/t13-,14+,15-/m0/s1. The highest BCUT2D eigenvalue weighted by Gasteiger charge is 2.48. The molecule has 0 spiro atoms. The van der Waals surface area contributed by atoms with E-state index in [0.29, 0.717) is 19.1 Å². The molecule has 6 heteroatoms. The first-order valence-electron chi connectivity index (χ1n) is 9.14. The van der Waals surface area contributed by atoms with Crippen LogP contribution in [0.1, 0.15) is 25.7 Å². The Balaban J connectivity index is 1.29. The van der Waals surface area contributed by atoms with E-state index in [1.807, 2.05) is 9.80 Å². The molecule has 4 saturated heterocycles. The van der Waals surface area contributed by atoms with Gasteiger partial charge in [0.05, 0.1) is 5.92 Å². The average molecular weight is 321 g/mol. The predicted molar refractivity (Wildman–Crippen MR) is 84.8 cm³/mol. The average Bonchev–Trinajstić information content (AvgIpc) is 3.32. The largest absolute Gasteiger partial charge is 0.368 e. The zero-order valence-electron chi connectivity index (χ0n) is 13.8. The number of carbonyl (C=O) groups excluding carboxylic acids is 2. The van der Waals surface area contributed by atoms with Crippen molar-refractivity contribution in [1.29, 1.82) is 0 Å². The molecule has 23 heavy (non-hydrogen) atoms. The normalized spacial score (nSPS) is 34.6. The van der Waals surface area contributed by atoms with Crippen molar-refractivity contribution in [2.75, 3.05) is 52.4 Å². The maximum absolute atomic E-state index is 12.6. The van der Waals surface area contributed by atoms with Crippen LogP contribution in [-0.4, -0.2) is 85.0 Å². The summed E-state index contributed by atoms with van der Waals surface area (Å²) in [5.74, 6) is 0.718. The van der Waals surface area contributed by atoms with E-state index in [1.54, 1.807) is 0 Å². The number of ether oxygens (including phenoxy) is 1. The summed E-state index contributed by atoms with van der Waals surface area (Å²) in [7, 11) is 0. The summed E-state index contributed by atoms with van der Waals surface area (Å²) in [5, 5.41) is 0. The van der Waals surface area contributed by atoms with Gasteiger partial charge in [0.15, 0.2) is 0 Å². The van der Waals surface area contributed by atoms with Crippen LogP contribution in [0.4, 0.5) is 0 Å². The minimum absolute atomic E-state index is 0.0268. The van der Waals surface area contributed by atoms with Gasteiger partial charge in [-0.05, 0) is 38.8 Å². The highest BCUT2D eigenvalue weighted by atomic mass is 16.5. The summed E-state index contributed by atoms with van der Waals surface area (Å²) in [6, 6.07) is 0. The van der Waals surface area contributed by atoms with E-state index in [-0.39, 0.29) is 23.8 Å². The van der Waals surface area contributed by atoms with Crippen LogP contribution in [0.3, 0.4) is 0 Å². The molecule has 0 aromatic heterocycles. The van der Waals surface area contributed by atoms with Gasteiger partial charge in [-0.25, -0.2) is 0 Å². The third-order valence-corrected chi connectivity index (χ3v) is 5.93. The van der Waals surface area contributed by atoms with Crippen molar-refractivity contribution in [3.63, 3.8) is 0 Å². The topological polar surface area (TPSA) is 53.1 Å². The molecule has 0 unspecified atom stereocenters. The first-order valence-corrected chi connectivity index (χ1v) is 9.14. The lowest BCUT2D eigenvalue weighted by molar-refractivity contribution is -0.140. The van der Waals surface area contributed by atoms with Gasteiger partial charge in [-0.2, -0.15) is 0 Å². The molecule has 0 N–H and O–H groups in total. The monoisotopic (exact) mass is 321 g/mol. The van der Waals surface area contributed by atoms with Gasteiger partial charge in [0.25, 0.3) is 5.91 Å². The lowest BCUT2D eigenvalue weighted by atomic mass is 10.0. The van der Waals surface area contributed by atoms with Crippen molar-refractivity contribution in [3.8, 4) is 0 Å².